The highest BCUT2D eigenvalue weighted by atomic mass is 32.2. The van der Waals surface area contributed by atoms with Gasteiger partial charge in [-0.1, -0.05) is 97.5 Å². The molecular formula is C36H32FN3O5S2. The molecule has 1 saturated heterocycles. The van der Waals surface area contributed by atoms with Gasteiger partial charge in [0.25, 0.3) is 5.78 Å². The van der Waals surface area contributed by atoms with E-state index in [1.807, 2.05) is 18.2 Å². The molecule has 0 saturated carbocycles. The lowest BCUT2D eigenvalue weighted by molar-refractivity contribution is -0.132. The van der Waals surface area contributed by atoms with Crippen molar-refractivity contribution in [2.45, 2.75) is 42.3 Å². The Hall–Kier alpha value is -4.74. The molecule has 1 atom stereocenters. The number of amides is 1. The van der Waals surface area contributed by atoms with Gasteiger partial charge in [0.15, 0.2) is 15.9 Å². The number of hydrogen-bond acceptors (Lipinski definition) is 9. The molecule has 1 aliphatic heterocycles. The molecule has 0 spiro atoms. The normalized spacial score (nSPS) is 15.8. The molecule has 0 bridgehead atoms. The van der Waals surface area contributed by atoms with Gasteiger partial charge in [0.05, 0.1) is 25.3 Å². The number of nitrogens with zero attached hydrogens (tertiary/aromatic N) is 3. The molecule has 1 aromatic heterocycles. The predicted molar refractivity (Wildman–Crippen MR) is 183 cm³/mol. The van der Waals surface area contributed by atoms with Crippen LogP contribution in [0.2, 0.25) is 0 Å². The van der Waals surface area contributed by atoms with E-state index < -0.39 is 29.3 Å². The number of thioether (sulfide) groups is 1. The third kappa shape index (κ3) is 6.72. The lowest BCUT2D eigenvalue weighted by atomic mass is 9.95. The highest BCUT2D eigenvalue weighted by Gasteiger charge is 2.48. The molecule has 1 amide bonds. The molecule has 0 unspecified atom stereocenters. The van der Waals surface area contributed by atoms with Crippen LogP contribution in [0.15, 0.2) is 94.8 Å². The van der Waals surface area contributed by atoms with Crippen LogP contribution in [-0.2, 0) is 15.3 Å². The number of rotatable bonds is 12. The average molecular weight is 670 g/mol. The molecule has 6 rings (SSSR count). The van der Waals surface area contributed by atoms with Crippen molar-refractivity contribution in [2.24, 2.45) is 0 Å². The van der Waals surface area contributed by atoms with E-state index in [1.165, 1.54) is 47.2 Å². The number of aliphatic hydroxyl groups excluding tert-OH is 1. The first-order chi connectivity index (χ1) is 22.9. The number of anilines is 1. The van der Waals surface area contributed by atoms with Crippen molar-refractivity contribution in [2.75, 3.05) is 18.6 Å². The van der Waals surface area contributed by atoms with Gasteiger partial charge >= 0.3 is 5.91 Å². The molecule has 0 radical (unpaired) electrons. The number of methoxy groups -OCH3 is 1. The Kier molecular flexibility index (Phi) is 9.84. The first kappa shape index (κ1) is 32.2. The quantitative estimate of drug-likeness (QED) is 0.0353. The second-order valence-electron chi connectivity index (χ2n) is 10.9. The minimum absolute atomic E-state index is 0.0181. The maximum Gasteiger partial charge on any atom is 0.301 e. The fourth-order valence-electron chi connectivity index (χ4n) is 5.52. The van der Waals surface area contributed by atoms with E-state index in [9.17, 15) is 19.1 Å². The van der Waals surface area contributed by atoms with Gasteiger partial charge in [-0.15, -0.1) is 10.2 Å². The maximum atomic E-state index is 14.7. The van der Waals surface area contributed by atoms with Crippen LogP contribution in [0.3, 0.4) is 0 Å². The lowest BCUT2D eigenvalue weighted by Crippen LogP contribution is -2.29. The topological polar surface area (TPSA) is 102 Å². The number of Topliss-reactive ketones (excluding diaryl/α,β-unsaturated/α-hetero) is 1. The van der Waals surface area contributed by atoms with E-state index in [0.29, 0.717) is 28.0 Å². The van der Waals surface area contributed by atoms with Crippen molar-refractivity contribution >= 4 is 56.5 Å². The molecule has 1 N–H and O–H groups in total. The van der Waals surface area contributed by atoms with E-state index in [-0.39, 0.29) is 22.0 Å². The minimum atomic E-state index is -1.04. The fourth-order valence-corrected chi connectivity index (χ4v) is 7.39. The summed E-state index contributed by atoms with van der Waals surface area (Å²) in [4.78, 5) is 28.5. The van der Waals surface area contributed by atoms with Gasteiger partial charge in [-0.25, -0.2) is 4.39 Å². The summed E-state index contributed by atoms with van der Waals surface area (Å²) >= 11 is 2.66. The molecule has 4 aromatic carbocycles. The van der Waals surface area contributed by atoms with E-state index in [0.717, 1.165) is 41.7 Å². The Morgan fingerprint density at radius 2 is 1.79 bits per heavy atom. The van der Waals surface area contributed by atoms with Gasteiger partial charge in [0.2, 0.25) is 5.13 Å². The zero-order valence-corrected chi connectivity index (χ0v) is 27.4. The number of benzene rings is 4. The summed E-state index contributed by atoms with van der Waals surface area (Å²) in [5, 5.41) is 22.6. The Morgan fingerprint density at radius 1 is 1.00 bits per heavy atom. The number of hydrogen-bond donors (Lipinski definition) is 1. The van der Waals surface area contributed by atoms with Crippen LogP contribution < -0.4 is 14.4 Å². The highest BCUT2D eigenvalue weighted by Crippen LogP contribution is 2.44. The van der Waals surface area contributed by atoms with Crippen molar-refractivity contribution in [1.82, 2.24) is 10.2 Å². The maximum absolute atomic E-state index is 14.7. The number of unbranched alkanes of at least 4 members (excludes halogenated alkanes) is 2. The highest BCUT2D eigenvalue weighted by molar-refractivity contribution is 8.00. The second-order valence-corrected chi connectivity index (χ2v) is 13.1. The van der Waals surface area contributed by atoms with Crippen LogP contribution in [0.1, 0.15) is 48.9 Å². The van der Waals surface area contributed by atoms with Crippen LogP contribution in [0.5, 0.6) is 11.5 Å². The third-order valence-corrected chi connectivity index (χ3v) is 10.0. The largest absolute Gasteiger partial charge is 0.507 e. The first-order valence-corrected chi connectivity index (χ1v) is 17.0. The summed E-state index contributed by atoms with van der Waals surface area (Å²) in [7, 11) is 1.33. The van der Waals surface area contributed by atoms with Crippen LogP contribution in [-0.4, -0.2) is 40.7 Å². The van der Waals surface area contributed by atoms with Crippen molar-refractivity contribution < 1.29 is 28.6 Å². The number of carbonyl (C=O) groups excluding carboxylic acids is 2. The summed E-state index contributed by atoms with van der Waals surface area (Å²) in [5.41, 5.74) is 1.52. The third-order valence-electron chi connectivity index (χ3n) is 7.92. The summed E-state index contributed by atoms with van der Waals surface area (Å²) in [6.07, 6.45) is 3.06. The summed E-state index contributed by atoms with van der Waals surface area (Å²) in [6.45, 7) is 2.69. The van der Waals surface area contributed by atoms with Crippen LogP contribution >= 0.6 is 23.1 Å². The summed E-state index contributed by atoms with van der Waals surface area (Å²) in [5.74, 6) is -1.76. The molecular weight excluding hydrogens is 638 g/mol. The van der Waals surface area contributed by atoms with Crippen molar-refractivity contribution in [1.29, 1.82) is 0 Å². The van der Waals surface area contributed by atoms with E-state index >= 15 is 0 Å². The summed E-state index contributed by atoms with van der Waals surface area (Å²) < 4.78 is 26.1. The van der Waals surface area contributed by atoms with E-state index in [1.54, 1.807) is 24.3 Å². The Balaban J connectivity index is 1.34. The fraction of sp³-hybridized carbons (Fsp3) is 0.222. The van der Waals surface area contributed by atoms with Gasteiger partial charge in [0.1, 0.15) is 11.5 Å². The number of ether oxygens (including phenoxy) is 2. The molecule has 5 aromatic rings. The van der Waals surface area contributed by atoms with Crippen LogP contribution in [0.25, 0.3) is 16.5 Å². The van der Waals surface area contributed by atoms with Gasteiger partial charge in [0, 0.05) is 11.3 Å². The zero-order chi connectivity index (χ0) is 32.9. The molecule has 1 aliphatic rings. The molecule has 1 fully saturated rings. The summed E-state index contributed by atoms with van der Waals surface area (Å²) in [6, 6.07) is 24.1. The average Bonchev–Trinajstić information content (AvgIpc) is 3.67. The predicted octanol–water partition coefficient (Wildman–Crippen LogP) is 8.33. The van der Waals surface area contributed by atoms with Crippen LogP contribution in [0, 0.1) is 5.82 Å². The first-order valence-electron chi connectivity index (χ1n) is 15.2. The molecule has 47 heavy (non-hydrogen) atoms. The van der Waals surface area contributed by atoms with Gasteiger partial charge in [-0.2, -0.15) is 0 Å². The smallest absolute Gasteiger partial charge is 0.301 e. The standard InChI is InChI=1S/C36H32FN3O5S2/c1-3-4-7-19-45-26-16-13-23(14-17-26)31-30(32(41)24-15-18-29(44-2)28(37)20-24)33(42)34(43)40(31)35-38-39-36(47-35)46-21-25-11-8-10-22-9-5-6-12-27(22)25/h5-6,8-18,20,31,41H,3-4,7,19,21H2,1-2H3/t31-/m1/s1. The van der Waals surface area contributed by atoms with Crippen molar-refractivity contribution in [3.63, 3.8) is 0 Å². The number of fused-ring (bicyclic) bond motifs is 1. The monoisotopic (exact) mass is 669 g/mol. The second kappa shape index (κ2) is 14.4. The lowest BCUT2D eigenvalue weighted by Gasteiger charge is -2.22. The van der Waals surface area contributed by atoms with Crippen LogP contribution in [0.4, 0.5) is 9.52 Å². The number of aromatic nitrogens is 2. The van der Waals surface area contributed by atoms with E-state index in [4.69, 9.17) is 9.47 Å². The number of halogens is 1. The molecule has 240 valence electrons. The van der Waals surface area contributed by atoms with Gasteiger partial charge < -0.3 is 14.6 Å². The van der Waals surface area contributed by atoms with E-state index in [2.05, 4.69) is 41.4 Å². The molecule has 0 aliphatic carbocycles. The molecule has 8 nitrogen and oxygen atoms in total. The molecule has 2 heterocycles. The van der Waals surface area contributed by atoms with Crippen molar-refractivity contribution in [3.8, 4) is 11.5 Å². The van der Waals surface area contributed by atoms with Gasteiger partial charge in [-0.05, 0) is 58.7 Å². The number of aliphatic hydroxyl groups is 1. The number of carbonyl (C=O) groups is 2. The number of ketones is 1. The SMILES string of the molecule is CCCCCOc1ccc([C@@H]2C(=C(O)c3ccc(OC)c(F)c3)C(=O)C(=O)N2c2nnc(SCc3cccc4ccccc34)s2)cc1. The Bertz CT molecular complexity index is 1950. The zero-order valence-electron chi connectivity index (χ0n) is 25.8. The Morgan fingerprint density at radius 3 is 2.55 bits per heavy atom. The van der Waals surface area contributed by atoms with Crippen molar-refractivity contribution in [3.05, 3.63) is 113 Å². The minimum Gasteiger partial charge on any atom is -0.507 e. The Labute approximate surface area is 279 Å². The van der Waals surface area contributed by atoms with Gasteiger partial charge in [-0.3, -0.25) is 14.5 Å². The molecule has 11 heteroatoms.